The van der Waals surface area contributed by atoms with Gasteiger partial charge in [0, 0.05) is 31.8 Å². The van der Waals surface area contributed by atoms with E-state index in [1.807, 2.05) is 13.0 Å². The number of amides is 1. The first-order chi connectivity index (χ1) is 10.7. The van der Waals surface area contributed by atoms with Gasteiger partial charge in [-0.05, 0) is 38.3 Å². The summed E-state index contributed by atoms with van der Waals surface area (Å²) in [6.45, 7) is 6.16. The van der Waals surface area contributed by atoms with Gasteiger partial charge in [-0.25, -0.2) is 0 Å². The van der Waals surface area contributed by atoms with Crippen LogP contribution < -0.4 is 0 Å². The first-order valence-corrected chi connectivity index (χ1v) is 8.40. The minimum Gasteiger partial charge on any atom is -0.465 e. The van der Waals surface area contributed by atoms with Crippen LogP contribution in [-0.2, 0) is 16.1 Å². The molecule has 1 aromatic rings. The summed E-state index contributed by atoms with van der Waals surface area (Å²) in [7, 11) is 0. The van der Waals surface area contributed by atoms with E-state index in [-0.39, 0.29) is 5.92 Å². The Balaban J connectivity index is 1.41. The molecule has 22 heavy (non-hydrogen) atoms. The fourth-order valence-corrected chi connectivity index (χ4v) is 4.28. The lowest BCUT2D eigenvalue weighted by molar-refractivity contribution is -0.136. The van der Waals surface area contributed by atoms with Crippen molar-refractivity contribution in [1.29, 1.82) is 0 Å². The molecule has 0 radical (unpaired) electrons. The fraction of sp³-hybridized carbons (Fsp3) is 0.706. The van der Waals surface area contributed by atoms with Crippen LogP contribution in [0.1, 0.15) is 30.8 Å². The van der Waals surface area contributed by atoms with Gasteiger partial charge >= 0.3 is 0 Å². The van der Waals surface area contributed by atoms with Crippen molar-refractivity contribution < 1.29 is 13.9 Å². The number of aryl methyl sites for hydroxylation is 1. The summed E-state index contributed by atoms with van der Waals surface area (Å²) >= 11 is 0. The van der Waals surface area contributed by atoms with Gasteiger partial charge in [0.1, 0.15) is 11.5 Å². The molecule has 4 heterocycles. The summed E-state index contributed by atoms with van der Waals surface area (Å²) in [5.41, 5.74) is 0. The van der Waals surface area contributed by atoms with Gasteiger partial charge in [-0.1, -0.05) is 0 Å². The molecule has 1 aromatic heterocycles. The van der Waals surface area contributed by atoms with E-state index in [0.717, 1.165) is 57.0 Å². The van der Waals surface area contributed by atoms with Crippen molar-refractivity contribution in [3.05, 3.63) is 23.7 Å². The van der Waals surface area contributed by atoms with Crippen LogP contribution in [0.5, 0.6) is 0 Å². The quantitative estimate of drug-likeness (QED) is 0.854. The Bertz CT molecular complexity index is 550. The topological polar surface area (TPSA) is 45.9 Å². The maximum atomic E-state index is 12.7. The molecule has 120 valence electrons. The second-order valence-electron chi connectivity index (χ2n) is 6.79. The van der Waals surface area contributed by atoms with E-state index in [4.69, 9.17) is 9.15 Å². The van der Waals surface area contributed by atoms with Gasteiger partial charge in [-0.2, -0.15) is 0 Å². The summed E-state index contributed by atoms with van der Waals surface area (Å²) in [6, 6.07) is 4.98. The highest BCUT2D eigenvalue weighted by atomic mass is 16.5. The Morgan fingerprint density at radius 2 is 2.09 bits per heavy atom. The molecule has 1 amide bonds. The third-order valence-corrected chi connectivity index (χ3v) is 5.41. The lowest BCUT2D eigenvalue weighted by atomic mass is 10.1. The average Bonchev–Trinajstić information content (AvgIpc) is 3.24. The Hall–Kier alpha value is -1.33. The minimum atomic E-state index is 0.0977. The second kappa shape index (κ2) is 5.70. The van der Waals surface area contributed by atoms with Crippen molar-refractivity contribution in [2.24, 2.45) is 5.92 Å². The molecule has 0 aliphatic carbocycles. The largest absolute Gasteiger partial charge is 0.465 e. The van der Waals surface area contributed by atoms with Gasteiger partial charge in [0.25, 0.3) is 0 Å². The molecule has 0 bridgehead atoms. The van der Waals surface area contributed by atoms with Crippen molar-refractivity contribution >= 4 is 5.91 Å². The van der Waals surface area contributed by atoms with E-state index >= 15 is 0 Å². The number of rotatable bonds is 3. The van der Waals surface area contributed by atoms with E-state index < -0.39 is 0 Å². The number of carbonyl (C=O) groups is 1. The van der Waals surface area contributed by atoms with Crippen LogP contribution in [0, 0.1) is 12.8 Å². The first-order valence-electron chi connectivity index (χ1n) is 8.40. The van der Waals surface area contributed by atoms with Crippen molar-refractivity contribution in [3.8, 4) is 0 Å². The molecule has 3 saturated heterocycles. The third-order valence-electron chi connectivity index (χ3n) is 5.41. The van der Waals surface area contributed by atoms with Crippen LogP contribution in [0.4, 0.5) is 0 Å². The van der Waals surface area contributed by atoms with Crippen LogP contribution in [0.3, 0.4) is 0 Å². The van der Waals surface area contributed by atoms with Crippen LogP contribution in [0.15, 0.2) is 16.5 Å². The van der Waals surface area contributed by atoms with Crippen molar-refractivity contribution in [2.45, 2.75) is 44.8 Å². The molecule has 0 aromatic carbocycles. The Labute approximate surface area is 131 Å². The molecule has 5 heteroatoms. The monoisotopic (exact) mass is 304 g/mol. The second-order valence-corrected chi connectivity index (χ2v) is 6.79. The standard InChI is InChI=1S/C17H24N2O3/c1-12-2-3-14(22-12)10-18-7-4-16-15(18)5-8-19(16)17(20)13-6-9-21-11-13/h2-3,13,15-16H,4-11H2,1H3/t13?,15-,16+/m0/s1. The SMILES string of the molecule is Cc1ccc(CN2CC[C@@H]3[C@@H]2CCN3C(=O)C2CCOC2)o1. The van der Waals surface area contributed by atoms with Gasteiger partial charge in [-0.3, -0.25) is 9.69 Å². The molecule has 0 saturated carbocycles. The molecule has 3 aliphatic heterocycles. The Kier molecular flexibility index (Phi) is 3.70. The van der Waals surface area contributed by atoms with E-state index in [2.05, 4.69) is 15.9 Å². The molecule has 0 N–H and O–H groups in total. The summed E-state index contributed by atoms with van der Waals surface area (Å²) < 4.78 is 11.1. The summed E-state index contributed by atoms with van der Waals surface area (Å²) in [4.78, 5) is 17.3. The van der Waals surface area contributed by atoms with Gasteiger partial charge < -0.3 is 14.1 Å². The summed E-state index contributed by atoms with van der Waals surface area (Å²) in [5.74, 6) is 2.42. The zero-order chi connectivity index (χ0) is 15.1. The number of likely N-dealkylation sites (tertiary alicyclic amines) is 2. The highest BCUT2D eigenvalue weighted by Gasteiger charge is 2.45. The maximum absolute atomic E-state index is 12.7. The molecule has 3 fully saturated rings. The molecular formula is C17H24N2O3. The van der Waals surface area contributed by atoms with E-state index in [1.165, 1.54) is 0 Å². The van der Waals surface area contributed by atoms with Gasteiger partial charge in [0.05, 0.1) is 19.1 Å². The number of hydrogen-bond acceptors (Lipinski definition) is 4. The zero-order valence-corrected chi connectivity index (χ0v) is 13.2. The van der Waals surface area contributed by atoms with Crippen molar-refractivity contribution in [1.82, 2.24) is 9.80 Å². The number of carbonyl (C=O) groups excluding carboxylic acids is 1. The van der Waals surface area contributed by atoms with Crippen LogP contribution in [-0.4, -0.2) is 54.1 Å². The normalized spacial score (nSPS) is 31.9. The minimum absolute atomic E-state index is 0.0977. The maximum Gasteiger partial charge on any atom is 0.228 e. The van der Waals surface area contributed by atoms with Gasteiger partial charge in [0.2, 0.25) is 5.91 Å². The molecule has 3 atom stereocenters. The van der Waals surface area contributed by atoms with Crippen molar-refractivity contribution in [2.75, 3.05) is 26.3 Å². The molecular weight excluding hydrogens is 280 g/mol. The van der Waals surface area contributed by atoms with E-state index in [9.17, 15) is 4.79 Å². The summed E-state index contributed by atoms with van der Waals surface area (Å²) in [5, 5.41) is 0. The van der Waals surface area contributed by atoms with E-state index in [0.29, 0.717) is 24.6 Å². The van der Waals surface area contributed by atoms with Gasteiger partial charge in [-0.15, -0.1) is 0 Å². The highest BCUT2D eigenvalue weighted by molar-refractivity contribution is 5.80. The van der Waals surface area contributed by atoms with Crippen LogP contribution >= 0.6 is 0 Å². The van der Waals surface area contributed by atoms with E-state index in [1.54, 1.807) is 0 Å². The van der Waals surface area contributed by atoms with Crippen molar-refractivity contribution in [3.63, 3.8) is 0 Å². The Morgan fingerprint density at radius 3 is 2.82 bits per heavy atom. The molecule has 0 spiro atoms. The average molecular weight is 304 g/mol. The first kappa shape index (κ1) is 14.3. The molecule has 4 rings (SSSR count). The smallest absolute Gasteiger partial charge is 0.228 e. The highest BCUT2D eigenvalue weighted by Crippen LogP contribution is 2.34. The zero-order valence-electron chi connectivity index (χ0n) is 13.2. The lowest BCUT2D eigenvalue weighted by Gasteiger charge is -2.27. The number of nitrogens with zero attached hydrogens (tertiary/aromatic N) is 2. The Morgan fingerprint density at radius 1 is 1.23 bits per heavy atom. The lowest BCUT2D eigenvalue weighted by Crippen LogP contribution is -2.42. The summed E-state index contributed by atoms with van der Waals surface area (Å²) in [6.07, 6.45) is 3.06. The number of fused-ring (bicyclic) bond motifs is 1. The van der Waals surface area contributed by atoms with Gasteiger partial charge in [0.15, 0.2) is 0 Å². The molecule has 5 nitrogen and oxygen atoms in total. The predicted octanol–water partition coefficient (Wildman–Crippen LogP) is 1.80. The number of furan rings is 1. The molecule has 1 unspecified atom stereocenters. The van der Waals surface area contributed by atoms with Crippen LogP contribution in [0.25, 0.3) is 0 Å². The number of hydrogen-bond donors (Lipinski definition) is 0. The number of ether oxygens (including phenoxy) is 1. The third kappa shape index (κ3) is 2.46. The fourth-order valence-electron chi connectivity index (χ4n) is 4.28. The predicted molar refractivity (Wildman–Crippen MR) is 81.3 cm³/mol. The molecule has 3 aliphatic rings. The van der Waals surface area contributed by atoms with Crippen LogP contribution in [0.2, 0.25) is 0 Å².